The number of nitrogens with one attached hydrogen (secondary N) is 1. The molecular weight excluding hydrogens is 303 g/mol. The Hall–Kier alpha value is -2.15. The van der Waals surface area contributed by atoms with E-state index in [9.17, 15) is 18.8 Å². The van der Waals surface area contributed by atoms with Gasteiger partial charge in [-0.05, 0) is 24.6 Å². The second-order valence-corrected chi connectivity index (χ2v) is 4.80. The first kappa shape index (κ1) is 15.2. The highest BCUT2D eigenvalue weighted by molar-refractivity contribution is 6.31. The number of halogens is 2. The monoisotopic (exact) mass is 314 g/mol. The quantitative estimate of drug-likeness (QED) is 0.680. The van der Waals surface area contributed by atoms with Crippen molar-refractivity contribution in [1.82, 2.24) is 5.32 Å². The highest BCUT2D eigenvalue weighted by Gasteiger charge is 2.39. The van der Waals surface area contributed by atoms with Crippen LogP contribution in [0.5, 0.6) is 0 Å². The molecule has 0 unspecified atom stereocenters. The Balaban J connectivity index is 2.14. The van der Waals surface area contributed by atoms with E-state index in [1.54, 1.807) is 0 Å². The molecule has 0 saturated carbocycles. The van der Waals surface area contributed by atoms with Gasteiger partial charge >= 0.3 is 12.0 Å². The number of imide groups is 1. The van der Waals surface area contributed by atoms with Gasteiger partial charge in [-0.2, -0.15) is 0 Å². The van der Waals surface area contributed by atoms with Crippen molar-refractivity contribution in [2.75, 3.05) is 12.0 Å². The van der Waals surface area contributed by atoms with Crippen molar-refractivity contribution in [1.29, 1.82) is 0 Å². The van der Waals surface area contributed by atoms with Gasteiger partial charge in [0.1, 0.15) is 11.9 Å². The number of rotatable bonds is 4. The molecule has 112 valence electrons. The molecule has 1 fully saturated rings. The zero-order valence-corrected chi connectivity index (χ0v) is 11.8. The van der Waals surface area contributed by atoms with Crippen molar-refractivity contribution in [3.05, 3.63) is 29.0 Å². The third-order valence-electron chi connectivity index (χ3n) is 3.05. The number of anilines is 1. The van der Waals surface area contributed by atoms with Crippen LogP contribution in [0.4, 0.5) is 14.9 Å². The average molecular weight is 315 g/mol. The summed E-state index contributed by atoms with van der Waals surface area (Å²) in [6.45, 7) is 0. The van der Waals surface area contributed by atoms with E-state index in [2.05, 4.69) is 10.1 Å². The molecule has 1 aromatic carbocycles. The van der Waals surface area contributed by atoms with Gasteiger partial charge in [-0.15, -0.1) is 0 Å². The predicted molar refractivity (Wildman–Crippen MR) is 72.5 cm³/mol. The van der Waals surface area contributed by atoms with Gasteiger partial charge in [0, 0.05) is 6.42 Å². The van der Waals surface area contributed by atoms with E-state index >= 15 is 0 Å². The molecule has 8 heteroatoms. The van der Waals surface area contributed by atoms with Crippen LogP contribution >= 0.6 is 11.6 Å². The normalized spacial score (nSPS) is 17.9. The SMILES string of the molecule is COC(=O)CC[C@H]1NC(=O)N(c2ccc(Cl)c(F)c2)C1=O. The van der Waals surface area contributed by atoms with Gasteiger partial charge in [0.25, 0.3) is 5.91 Å². The molecule has 0 radical (unpaired) electrons. The van der Waals surface area contributed by atoms with E-state index in [1.807, 2.05) is 0 Å². The fourth-order valence-electron chi connectivity index (χ4n) is 1.96. The molecule has 1 aliphatic rings. The number of benzene rings is 1. The number of urea groups is 1. The summed E-state index contributed by atoms with van der Waals surface area (Å²) >= 11 is 5.56. The number of carbonyl (C=O) groups is 3. The summed E-state index contributed by atoms with van der Waals surface area (Å²) in [6.07, 6.45) is 0.111. The molecule has 1 N–H and O–H groups in total. The van der Waals surface area contributed by atoms with E-state index in [4.69, 9.17) is 11.6 Å². The lowest BCUT2D eigenvalue weighted by Crippen LogP contribution is -2.31. The average Bonchev–Trinajstić information content (AvgIpc) is 2.74. The molecule has 1 aromatic rings. The summed E-state index contributed by atoms with van der Waals surface area (Å²) in [4.78, 5) is 35.9. The van der Waals surface area contributed by atoms with Crippen molar-refractivity contribution in [3.8, 4) is 0 Å². The second-order valence-electron chi connectivity index (χ2n) is 4.39. The van der Waals surface area contributed by atoms with Crippen molar-refractivity contribution in [3.63, 3.8) is 0 Å². The van der Waals surface area contributed by atoms with Crippen LogP contribution in [0.2, 0.25) is 5.02 Å². The number of hydrogen-bond donors (Lipinski definition) is 1. The van der Waals surface area contributed by atoms with Crippen LogP contribution in [-0.2, 0) is 14.3 Å². The summed E-state index contributed by atoms with van der Waals surface area (Å²) in [5.74, 6) is -1.76. The molecule has 3 amide bonds. The maximum Gasteiger partial charge on any atom is 0.329 e. The summed E-state index contributed by atoms with van der Waals surface area (Å²) in [7, 11) is 1.24. The third-order valence-corrected chi connectivity index (χ3v) is 3.35. The molecule has 0 spiro atoms. The van der Waals surface area contributed by atoms with Gasteiger partial charge in [-0.1, -0.05) is 11.6 Å². The fraction of sp³-hybridized carbons (Fsp3) is 0.308. The Bertz CT molecular complexity index is 608. The van der Waals surface area contributed by atoms with Gasteiger partial charge in [-0.25, -0.2) is 14.1 Å². The van der Waals surface area contributed by atoms with Crippen LogP contribution in [0.25, 0.3) is 0 Å². The standard InChI is InChI=1S/C13H12ClFN2O4/c1-21-11(18)5-4-10-12(19)17(13(20)16-10)7-2-3-8(14)9(15)6-7/h2-3,6,10H,4-5H2,1H3,(H,16,20)/t10-/m1/s1. The topological polar surface area (TPSA) is 75.7 Å². The van der Waals surface area contributed by atoms with Crippen molar-refractivity contribution in [2.24, 2.45) is 0 Å². The summed E-state index contributed by atoms with van der Waals surface area (Å²) < 4.78 is 17.9. The molecule has 0 aromatic heterocycles. The fourth-order valence-corrected chi connectivity index (χ4v) is 2.08. The number of methoxy groups -OCH3 is 1. The maximum atomic E-state index is 13.4. The molecule has 1 aliphatic heterocycles. The molecular formula is C13H12ClFN2O4. The summed E-state index contributed by atoms with van der Waals surface area (Å²) in [5, 5.41) is 2.34. The van der Waals surface area contributed by atoms with E-state index in [1.165, 1.54) is 19.2 Å². The Morgan fingerprint density at radius 2 is 2.19 bits per heavy atom. The Kier molecular flexibility index (Phi) is 4.42. The van der Waals surface area contributed by atoms with Crippen LogP contribution in [0, 0.1) is 5.82 Å². The Labute approximate surface area is 124 Å². The molecule has 0 bridgehead atoms. The van der Waals surface area contributed by atoms with Crippen molar-refractivity contribution < 1.29 is 23.5 Å². The molecule has 0 aliphatic carbocycles. The largest absolute Gasteiger partial charge is 0.469 e. The van der Waals surface area contributed by atoms with Crippen molar-refractivity contribution >= 4 is 35.2 Å². The smallest absolute Gasteiger partial charge is 0.329 e. The lowest BCUT2D eigenvalue weighted by molar-refractivity contribution is -0.140. The van der Waals surface area contributed by atoms with Crippen LogP contribution in [0.15, 0.2) is 18.2 Å². The van der Waals surface area contributed by atoms with E-state index in [0.717, 1.165) is 11.0 Å². The maximum absolute atomic E-state index is 13.4. The number of carbonyl (C=O) groups excluding carboxylic acids is 3. The Morgan fingerprint density at radius 3 is 2.81 bits per heavy atom. The lowest BCUT2D eigenvalue weighted by Gasteiger charge is -2.13. The van der Waals surface area contributed by atoms with Gasteiger partial charge in [0.15, 0.2) is 0 Å². The predicted octanol–water partition coefficient (Wildman–Crippen LogP) is 1.86. The number of nitrogens with zero attached hydrogens (tertiary/aromatic N) is 1. The van der Waals surface area contributed by atoms with Crippen LogP contribution in [-0.4, -0.2) is 31.1 Å². The minimum absolute atomic E-state index is 0.00396. The van der Waals surface area contributed by atoms with Crippen molar-refractivity contribution in [2.45, 2.75) is 18.9 Å². The third kappa shape index (κ3) is 3.13. The lowest BCUT2D eigenvalue weighted by atomic mass is 10.1. The molecule has 6 nitrogen and oxygen atoms in total. The van der Waals surface area contributed by atoms with Gasteiger partial charge < -0.3 is 10.1 Å². The first-order chi connectivity index (χ1) is 9.93. The number of amides is 3. The van der Waals surface area contributed by atoms with Gasteiger partial charge in [0.2, 0.25) is 0 Å². The first-order valence-electron chi connectivity index (χ1n) is 6.10. The van der Waals surface area contributed by atoms with Crippen LogP contribution in [0.3, 0.4) is 0 Å². The van der Waals surface area contributed by atoms with Crippen LogP contribution in [0.1, 0.15) is 12.8 Å². The van der Waals surface area contributed by atoms with E-state index < -0.39 is 29.8 Å². The highest BCUT2D eigenvalue weighted by atomic mass is 35.5. The van der Waals surface area contributed by atoms with Gasteiger partial charge in [0.05, 0.1) is 17.8 Å². The van der Waals surface area contributed by atoms with E-state index in [-0.39, 0.29) is 23.6 Å². The van der Waals surface area contributed by atoms with E-state index in [0.29, 0.717) is 0 Å². The van der Waals surface area contributed by atoms with Gasteiger partial charge in [-0.3, -0.25) is 9.59 Å². The molecule has 21 heavy (non-hydrogen) atoms. The molecule has 1 atom stereocenters. The molecule has 1 heterocycles. The molecule has 1 saturated heterocycles. The Morgan fingerprint density at radius 1 is 1.48 bits per heavy atom. The zero-order valence-electron chi connectivity index (χ0n) is 11.1. The highest BCUT2D eigenvalue weighted by Crippen LogP contribution is 2.25. The second kappa shape index (κ2) is 6.09. The van der Waals surface area contributed by atoms with Crippen LogP contribution < -0.4 is 10.2 Å². The number of ether oxygens (including phenoxy) is 1. The number of esters is 1. The summed E-state index contributed by atoms with van der Waals surface area (Å²) in [6, 6.07) is 2.12. The minimum atomic E-state index is -0.838. The molecule has 2 rings (SSSR count). The number of hydrogen-bond acceptors (Lipinski definition) is 4. The summed E-state index contributed by atoms with van der Waals surface area (Å²) in [5.41, 5.74) is 0.0833. The minimum Gasteiger partial charge on any atom is -0.469 e. The first-order valence-corrected chi connectivity index (χ1v) is 6.48. The zero-order chi connectivity index (χ0) is 15.6.